The Labute approximate surface area is 122 Å². The third kappa shape index (κ3) is 4.24. The first kappa shape index (κ1) is 17.1. The highest BCUT2D eigenvalue weighted by Crippen LogP contribution is 2.22. The van der Waals surface area contributed by atoms with E-state index in [4.69, 9.17) is 5.11 Å². The van der Waals surface area contributed by atoms with E-state index in [0.717, 1.165) is 0 Å². The van der Waals surface area contributed by atoms with Crippen molar-refractivity contribution in [2.45, 2.75) is 38.8 Å². The van der Waals surface area contributed by atoms with Crippen LogP contribution >= 0.6 is 0 Å². The van der Waals surface area contributed by atoms with E-state index in [9.17, 15) is 20.0 Å². The van der Waals surface area contributed by atoms with Gasteiger partial charge < -0.3 is 15.5 Å². The Morgan fingerprint density at radius 3 is 2.48 bits per heavy atom. The van der Waals surface area contributed by atoms with Gasteiger partial charge in [-0.3, -0.25) is 10.1 Å². The van der Waals surface area contributed by atoms with Crippen LogP contribution in [0.1, 0.15) is 42.6 Å². The van der Waals surface area contributed by atoms with Gasteiger partial charge >= 0.3 is 5.97 Å². The Hall–Kier alpha value is -1.99. The largest absolute Gasteiger partial charge is 0.477 e. The van der Waals surface area contributed by atoms with Crippen LogP contribution in [0.2, 0.25) is 0 Å². The minimum atomic E-state index is -1.33. The maximum absolute atomic E-state index is 11.2. The molecule has 1 aromatic rings. The number of carboxylic acid groups (broad SMARTS) is 1. The van der Waals surface area contributed by atoms with Crippen molar-refractivity contribution in [3.63, 3.8) is 0 Å². The number of aliphatic hydroxyl groups is 1. The van der Waals surface area contributed by atoms with E-state index in [-0.39, 0.29) is 12.1 Å². The maximum Gasteiger partial charge on any atom is 0.343 e. The van der Waals surface area contributed by atoms with Crippen molar-refractivity contribution in [3.8, 4) is 0 Å². The van der Waals surface area contributed by atoms with Crippen LogP contribution in [0.3, 0.4) is 0 Å². The fourth-order valence-electron chi connectivity index (χ4n) is 2.06. The minimum Gasteiger partial charge on any atom is -0.477 e. The van der Waals surface area contributed by atoms with Crippen LogP contribution in [0, 0.1) is 10.1 Å². The van der Waals surface area contributed by atoms with E-state index in [1.807, 2.05) is 13.8 Å². The average molecular weight is 296 g/mol. The molecular weight excluding hydrogens is 276 g/mol. The molecule has 0 atom stereocenters. The number of hydrogen-bond acceptors (Lipinski definition) is 5. The Morgan fingerprint density at radius 1 is 1.38 bits per heavy atom. The molecule has 0 saturated carbocycles. The number of nitro benzene ring substituents is 1. The van der Waals surface area contributed by atoms with Crippen LogP contribution in [0.15, 0.2) is 18.2 Å². The lowest BCUT2D eigenvalue weighted by molar-refractivity contribution is -0.385. The molecule has 0 heterocycles. The van der Waals surface area contributed by atoms with E-state index < -0.39 is 22.2 Å². The second-order valence-corrected chi connectivity index (χ2v) is 4.91. The first-order chi connectivity index (χ1) is 9.84. The molecule has 116 valence electrons. The molecule has 0 saturated heterocycles. The Kier molecular flexibility index (Phi) is 5.80. The van der Waals surface area contributed by atoms with Crippen molar-refractivity contribution in [2.24, 2.45) is 0 Å². The lowest BCUT2D eigenvalue weighted by Crippen LogP contribution is -2.39. The summed E-state index contributed by atoms with van der Waals surface area (Å²) in [5.41, 5.74) is -1.27. The lowest BCUT2D eigenvalue weighted by Gasteiger charge is -2.25. The van der Waals surface area contributed by atoms with Crippen LogP contribution in [0.25, 0.3) is 0 Å². The Morgan fingerprint density at radius 2 is 2.00 bits per heavy atom. The van der Waals surface area contributed by atoms with Gasteiger partial charge in [0.05, 0.1) is 10.5 Å². The Balaban J connectivity index is 2.92. The van der Waals surface area contributed by atoms with Crippen LogP contribution in [-0.4, -0.2) is 33.3 Å². The van der Waals surface area contributed by atoms with Crippen molar-refractivity contribution in [1.82, 2.24) is 5.32 Å². The summed E-state index contributed by atoms with van der Waals surface area (Å²) in [6.07, 6.45) is 1.13. The molecular formula is C14H20N2O5. The van der Waals surface area contributed by atoms with Gasteiger partial charge in [0.15, 0.2) is 0 Å². The second-order valence-electron chi connectivity index (χ2n) is 4.91. The molecule has 0 spiro atoms. The van der Waals surface area contributed by atoms with Crippen molar-refractivity contribution < 1.29 is 19.9 Å². The standard InChI is InChI=1S/C14H20N2O5/c1-3-14(19,4-2)9-15-8-10-6-5-7-11(16(20)21)12(10)13(17)18/h5-7,15,19H,3-4,8-9H2,1-2H3,(H,17,18). The highest BCUT2D eigenvalue weighted by atomic mass is 16.6. The normalized spacial score (nSPS) is 11.4. The van der Waals surface area contributed by atoms with E-state index in [1.165, 1.54) is 18.2 Å². The summed E-state index contributed by atoms with van der Waals surface area (Å²) in [6, 6.07) is 4.15. The molecule has 0 radical (unpaired) electrons. The molecule has 0 unspecified atom stereocenters. The summed E-state index contributed by atoms with van der Waals surface area (Å²) in [7, 11) is 0. The van der Waals surface area contributed by atoms with Crippen molar-refractivity contribution in [3.05, 3.63) is 39.4 Å². The van der Waals surface area contributed by atoms with E-state index in [2.05, 4.69) is 5.32 Å². The number of nitrogens with zero attached hydrogens (tertiary/aromatic N) is 1. The zero-order valence-corrected chi connectivity index (χ0v) is 12.1. The zero-order valence-electron chi connectivity index (χ0n) is 12.1. The number of nitro groups is 1. The second kappa shape index (κ2) is 7.14. The van der Waals surface area contributed by atoms with Crippen LogP contribution in [-0.2, 0) is 6.54 Å². The first-order valence-electron chi connectivity index (χ1n) is 6.77. The molecule has 0 bridgehead atoms. The molecule has 0 aliphatic heterocycles. The Bertz CT molecular complexity index is 526. The van der Waals surface area contributed by atoms with Gasteiger partial charge in [-0.1, -0.05) is 26.0 Å². The van der Waals surface area contributed by atoms with Crippen molar-refractivity contribution >= 4 is 11.7 Å². The van der Waals surface area contributed by atoms with E-state index in [1.54, 1.807) is 0 Å². The summed E-state index contributed by atoms with van der Waals surface area (Å²) >= 11 is 0. The lowest BCUT2D eigenvalue weighted by atomic mass is 9.97. The van der Waals surface area contributed by atoms with Gasteiger partial charge in [0.1, 0.15) is 5.56 Å². The molecule has 3 N–H and O–H groups in total. The van der Waals surface area contributed by atoms with Gasteiger partial charge in [-0.15, -0.1) is 0 Å². The maximum atomic E-state index is 11.2. The molecule has 0 aliphatic carbocycles. The quantitative estimate of drug-likeness (QED) is 0.499. The van der Waals surface area contributed by atoms with Crippen LogP contribution < -0.4 is 5.32 Å². The number of hydrogen-bond donors (Lipinski definition) is 3. The smallest absolute Gasteiger partial charge is 0.343 e. The molecule has 0 amide bonds. The van der Waals surface area contributed by atoms with Gasteiger partial charge in [-0.25, -0.2) is 4.79 Å². The first-order valence-corrected chi connectivity index (χ1v) is 6.77. The molecule has 1 aromatic carbocycles. The number of rotatable bonds is 8. The topological polar surface area (TPSA) is 113 Å². The molecule has 0 fully saturated rings. The summed E-state index contributed by atoms with van der Waals surface area (Å²) < 4.78 is 0. The number of carbonyl (C=O) groups is 1. The molecule has 21 heavy (non-hydrogen) atoms. The third-order valence-corrected chi connectivity index (χ3v) is 3.63. The van der Waals surface area contributed by atoms with Gasteiger partial charge in [-0.05, 0) is 18.4 Å². The van der Waals surface area contributed by atoms with Crippen molar-refractivity contribution in [2.75, 3.05) is 6.54 Å². The number of aromatic carboxylic acids is 1. The van der Waals surface area contributed by atoms with Gasteiger partial charge in [0, 0.05) is 19.2 Å². The molecule has 7 nitrogen and oxygen atoms in total. The number of carboxylic acids is 1. The average Bonchev–Trinajstić information content (AvgIpc) is 2.46. The molecule has 1 rings (SSSR count). The summed E-state index contributed by atoms with van der Waals surface area (Å²) in [5.74, 6) is -1.33. The summed E-state index contributed by atoms with van der Waals surface area (Å²) in [5, 5.41) is 33.2. The minimum absolute atomic E-state index is 0.144. The van der Waals surface area contributed by atoms with Gasteiger partial charge in [0.2, 0.25) is 0 Å². The van der Waals surface area contributed by atoms with Crippen LogP contribution in [0.5, 0.6) is 0 Å². The zero-order chi connectivity index (χ0) is 16.0. The number of benzene rings is 1. The number of nitrogens with one attached hydrogen (secondary N) is 1. The summed E-state index contributed by atoms with van der Waals surface area (Å²) in [4.78, 5) is 21.4. The summed E-state index contributed by atoms with van der Waals surface area (Å²) in [6.45, 7) is 4.16. The molecule has 7 heteroatoms. The van der Waals surface area contributed by atoms with E-state index in [0.29, 0.717) is 24.9 Å². The highest BCUT2D eigenvalue weighted by molar-refractivity contribution is 5.94. The van der Waals surface area contributed by atoms with Gasteiger partial charge in [0.25, 0.3) is 5.69 Å². The van der Waals surface area contributed by atoms with Crippen LogP contribution in [0.4, 0.5) is 5.69 Å². The van der Waals surface area contributed by atoms with E-state index >= 15 is 0 Å². The monoisotopic (exact) mass is 296 g/mol. The van der Waals surface area contributed by atoms with Gasteiger partial charge in [-0.2, -0.15) is 0 Å². The fraction of sp³-hybridized carbons (Fsp3) is 0.500. The van der Waals surface area contributed by atoms with Crippen molar-refractivity contribution in [1.29, 1.82) is 0 Å². The molecule has 0 aliphatic rings. The fourth-order valence-corrected chi connectivity index (χ4v) is 2.06. The predicted molar refractivity (Wildman–Crippen MR) is 77.3 cm³/mol. The molecule has 0 aromatic heterocycles. The highest BCUT2D eigenvalue weighted by Gasteiger charge is 2.25. The predicted octanol–water partition coefficient (Wildman–Crippen LogP) is 1.93. The SMILES string of the molecule is CCC(O)(CC)CNCc1cccc([N+](=O)[O-])c1C(=O)O. The third-order valence-electron chi connectivity index (χ3n) is 3.63.